The smallest absolute Gasteiger partial charge is 0.303 e. The summed E-state index contributed by atoms with van der Waals surface area (Å²) in [5.41, 5.74) is 5.07. The lowest BCUT2D eigenvalue weighted by Gasteiger charge is -2.22. The molecular weight excluding hydrogens is 515 g/mol. The minimum atomic E-state index is -0.774. The Bertz CT molecular complexity index is 1600. The third-order valence-corrected chi connectivity index (χ3v) is 7.19. The predicted molar refractivity (Wildman–Crippen MR) is 153 cm³/mol. The van der Waals surface area contributed by atoms with Gasteiger partial charge in [-0.05, 0) is 67.3 Å². The van der Waals surface area contributed by atoms with Gasteiger partial charge in [-0.2, -0.15) is 4.99 Å². The zero-order valence-corrected chi connectivity index (χ0v) is 22.8. The Morgan fingerprint density at radius 1 is 1.05 bits per heavy atom. The fraction of sp³-hybridized carbons (Fsp3) is 0.207. The number of carbonyl (C=O) groups is 2. The van der Waals surface area contributed by atoms with Crippen LogP contribution in [0.5, 0.6) is 0 Å². The van der Waals surface area contributed by atoms with E-state index in [1.807, 2.05) is 70.2 Å². The molecule has 1 aliphatic heterocycles. The second-order valence-corrected chi connectivity index (χ2v) is 10.5. The fourth-order valence-electron chi connectivity index (χ4n) is 4.22. The average Bonchev–Trinajstić information content (AvgIpc) is 3.52. The van der Waals surface area contributed by atoms with E-state index in [2.05, 4.69) is 20.4 Å². The van der Waals surface area contributed by atoms with Crippen LogP contribution in [0.4, 0.5) is 20.6 Å². The molecule has 1 fully saturated rings. The number of nitrogens with one attached hydrogen (secondary N) is 1. The number of hydrogen-bond acceptors (Lipinski definition) is 5. The number of amidine groups is 1. The quantitative estimate of drug-likeness (QED) is 0.312. The Labute approximate surface area is 230 Å². The number of anilines is 2. The molecule has 1 N–H and O–H groups in total. The van der Waals surface area contributed by atoms with E-state index in [1.54, 1.807) is 17.1 Å². The number of nitrogens with zero attached hydrogens (tertiary/aromatic N) is 5. The summed E-state index contributed by atoms with van der Waals surface area (Å²) in [6.45, 7) is 8.03. The van der Waals surface area contributed by atoms with Gasteiger partial charge in [0, 0.05) is 5.56 Å². The van der Waals surface area contributed by atoms with Gasteiger partial charge in [-0.15, -0.1) is 5.10 Å². The van der Waals surface area contributed by atoms with Crippen LogP contribution in [0.3, 0.4) is 0 Å². The highest BCUT2D eigenvalue weighted by Crippen LogP contribution is 2.34. The van der Waals surface area contributed by atoms with Gasteiger partial charge in [-0.25, -0.2) is 18.9 Å². The van der Waals surface area contributed by atoms with E-state index >= 15 is 0 Å². The minimum absolute atomic E-state index is 0.0367. The van der Waals surface area contributed by atoms with E-state index < -0.39 is 11.8 Å². The molecule has 0 spiro atoms. The topological polar surface area (TPSA) is 92.5 Å². The van der Waals surface area contributed by atoms with Gasteiger partial charge in [0.2, 0.25) is 5.91 Å². The first-order valence-corrected chi connectivity index (χ1v) is 13.4. The maximum atomic E-state index is 15.0. The Kier molecular flexibility index (Phi) is 7.30. The van der Waals surface area contributed by atoms with Crippen molar-refractivity contribution in [2.45, 2.75) is 33.6 Å². The first kappa shape index (κ1) is 26.3. The lowest BCUT2D eigenvalue weighted by molar-refractivity contribution is -0.115. The van der Waals surface area contributed by atoms with Crippen molar-refractivity contribution in [3.05, 3.63) is 89.5 Å². The van der Waals surface area contributed by atoms with E-state index in [0.29, 0.717) is 17.1 Å². The number of aliphatic imine (C=N–C) groups is 1. The molecule has 1 aromatic heterocycles. The number of aryl methyl sites for hydroxylation is 2. The van der Waals surface area contributed by atoms with Gasteiger partial charge in [0.25, 0.3) is 0 Å². The lowest BCUT2D eigenvalue weighted by atomic mass is 9.99. The molecule has 0 radical (unpaired) electrons. The number of carbonyl (C=O) groups excluding carboxylic acids is 2. The second kappa shape index (κ2) is 10.8. The van der Waals surface area contributed by atoms with Crippen LogP contribution in [0, 0.1) is 19.7 Å². The van der Waals surface area contributed by atoms with E-state index in [-0.39, 0.29) is 28.4 Å². The summed E-state index contributed by atoms with van der Waals surface area (Å²) in [5, 5.41) is 7.19. The second-order valence-electron chi connectivity index (χ2n) is 9.60. The molecule has 10 heteroatoms. The number of thioether (sulfide) groups is 1. The summed E-state index contributed by atoms with van der Waals surface area (Å²) in [7, 11) is 0. The lowest BCUT2D eigenvalue weighted by Crippen LogP contribution is -2.31. The van der Waals surface area contributed by atoms with Crippen molar-refractivity contribution in [3.63, 3.8) is 0 Å². The summed E-state index contributed by atoms with van der Waals surface area (Å²) in [6.07, 6.45) is 1.56. The molecule has 8 nitrogen and oxygen atoms in total. The summed E-state index contributed by atoms with van der Waals surface area (Å²) in [5.74, 6) is -0.126. The summed E-state index contributed by atoms with van der Waals surface area (Å²) < 4.78 is 16.6. The molecule has 3 aromatic carbocycles. The standard InChI is InChI=1S/C29H27FN6O2S/c1-17(2)22-11-7-19(4)13-25(22)36-26(37)15-39-29(36)33-28(38)32-24-12-8-20(14-23(24)30)27-31-16-35(34-27)21-9-5-18(3)6-10-21/h5-14,16-17H,15H2,1-4H3,(H,32,38). The SMILES string of the molecule is Cc1ccc(-n2cnc(-c3ccc(NC(=O)N=C4SCC(=O)N4c4cc(C)ccc4C(C)C)c(F)c3)n2)cc1. The summed E-state index contributed by atoms with van der Waals surface area (Å²) in [4.78, 5) is 35.4. The van der Waals surface area contributed by atoms with Gasteiger partial charge < -0.3 is 5.32 Å². The van der Waals surface area contributed by atoms with E-state index in [0.717, 1.165) is 22.4 Å². The highest BCUT2D eigenvalue weighted by atomic mass is 32.2. The van der Waals surface area contributed by atoms with Gasteiger partial charge in [-0.1, -0.05) is 55.4 Å². The molecule has 2 heterocycles. The van der Waals surface area contributed by atoms with Crippen LogP contribution in [-0.2, 0) is 4.79 Å². The van der Waals surface area contributed by atoms with Crippen LogP contribution >= 0.6 is 11.8 Å². The molecule has 0 saturated carbocycles. The third kappa shape index (κ3) is 5.61. The van der Waals surface area contributed by atoms with Crippen molar-refractivity contribution in [1.29, 1.82) is 0 Å². The maximum absolute atomic E-state index is 15.0. The molecule has 4 aromatic rings. The normalized spacial score (nSPS) is 14.5. The van der Waals surface area contributed by atoms with E-state index in [9.17, 15) is 14.0 Å². The number of amides is 3. The number of halogens is 1. The maximum Gasteiger partial charge on any atom is 0.347 e. The molecule has 1 saturated heterocycles. The highest BCUT2D eigenvalue weighted by Gasteiger charge is 2.32. The van der Waals surface area contributed by atoms with Gasteiger partial charge >= 0.3 is 6.03 Å². The molecule has 0 atom stereocenters. The first-order chi connectivity index (χ1) is 18.7. The molecule has 39 heavy (non-hydrogen) atoms. The number of hydrogen-bond donors (Lipinski definition) is 1. The first-order valence-electron chi connectivity index (χ1n) is 12.4. The van der Waals surface area contributed by atoms with Crippen molar-refractivity contribution < 1.29 is 14.0 Å². The van der Waals surface area contributed by atoms with Crippen molar-refractivity contribution in [2.75, 3.05) is 16.0 Å². The Hall–Kier alpha value is -4.31. The third-order valence-electron chi connectivity index (χ3n) is 6.27. The largest absolute Gasteiger partial charge is 0.347 e. The molecule has 3 amide bonds. The van der Waals surface area contributed by atoms with E-state index in [4.69, 9.17) is 0 Å². The molecule has 1 aliphatic rings. The van der Waals surface area contributed by atoms with E-state index in [1.165, 1.54) is 28.8 Å². The average molecular weight is 543 g/mol. The van der Waals surface area contributed by atoms with Crippen LogP contribution in [0.1, 0.15) is 36.5 Å². The van der Waals surface area contributed by atoms with Gasteiger partial charge in [0.05, 0.1) is 22.8 Å². The fourth-order valence-corrected chi connectivity index (χ4v) is 5.08. The Balaban J connectivity index is 1.35. The predicted octanol–water partition coefficient (Wildman–Crippen LogP) is 6.48. The molecule has 0 bridgehead atoms. The molecule has 5 rings (SSSR count). The van der Waals surface area contributed by atoms with Crippen LogP contribution in [-0.4, -0.2) is 37.6 Å². The monoisotopic (exact) mass is 542 g/mol. The van der Waals surface area contributed by atoms with Crippen molar-refractivity contribution in [3.8, 4) is 17.1 Å². The Morgan fingerprint density at radius 3 is 2.51 bits per heavy atom. The van der Waals surface area contributed by atoms with Crippen LogP contribution in [0.25, 0.3) is 17.1 Å². The summed E-state index contributed by atoms with van der Waals surface area (Å²) in [6, 6.07) is 17.2. The zero-order chi connectivity index (χ0) is 27.7. The zero-order valence-electron chi connectivity index (χ0n) is 22.0. The summed E-state index contributed by atoms with van der Waals surface area (Å²) >= 11 is 1.18. The van der Waals surface area contributed by atoms with Crippen LogP contribution in [0.2, 0.25) is 0 Å². The van der Waals surface area contributed by atoms with Crippen LogP contribution in [0.15, 0.2) is 72.0 Å². The molecular formula is C29H27FN6O2S. The number of benzene rings is 3. The van der Waals surface area contributed by atoms with Gasteiger partial charge in [0.15, 0.2) is 11.0 Å². The molecule has 0 unspecified atom stereocenters. The molecule has 0 aliphatic carbocycles. The van der Waals surface area contributed by atoms with Crippen molar-refractivity contribution in [2.24, 2.45) is 4.99 Å². The van der Waals surface area contributed by atoms with Crippen molar-refractivity contribution >= 4 is 40.2 Å². The number of rotatable bonds is 5. The highest BCUT2D eigenvalue weighted by molar-refractivity contribution is 8.15. The van der Waals surface area contributed by atoms with Crippen molar-refractivity contribution in [1.82, 2.24) is 14.8 Å². The van der Waals surface area contributed by atoms with Gasteiger partial charge in [0.1, 0.15) is 12.1 Å². The number of aromatic nitrogens is 3. The number of urea groups is 1. The van der Waals surface area contributed by atoms with Gasteiger partial charge in [-0.3, -0.25) is 9.69 Å². The Morgan fingerprint density at radius 2 is 1.79 bits per heavy atom. The molecule has 198 valence electrons. The van der Waals surface area contributed by atoms with Crippen LogP contribution < -0.4 is 10.2 Å². The minimum Gasteiger partial charge on any atom is -0.303 e.